The second-order valence-electron chi connectivity index (χ2n) is 1.84. The first kappa shape index (κ1) is 5.76. The summed E-state index contributed by atoms with van der Waals surface area (Å²) in [5.74, 6) is 0. The molecule has 0 amide bonds. The number of dihydropyridines is 1. The zero-order chi connectivity index (χ0) is 5.98. The van der Waals surface area contributed by atoms with Gasteiger partial charge in [-0.15, -0.1) is 12.6 Å². The van der Waals surface area contributed by atoms with Gasteiger partial charge in [0.2, 0.25) is 0 Å². The SMILES string of the molecule is CC1NC=CC=C1S. The fraction of sp³-hybridized carbons (Fsp3) is 0.333. The molecule has 1 rings (SSSR count). The van der Waals surface area contributed by atoms with Crippen LogP contribution in [0.3, 0.4) is 0 Å². The molecule has 0 aliphatic carbocycles. The lowest BCUT2D eigenvalue weighted by molar-refractivity contribution is 0.751. The van der Waals surface area contributed by atoms with Crippen LogP contribution in [0.15, 0.2) is 23.3 Å². The van der Waals surface area contributed by atoms with Crippen molar-refractivity contribution in [3.63, 3.8) is 0 Å². The zero-order valence-corrected chi connectivity index (χ0v) is 5.65. The van der Waals surface area contributed by atoms with Gasteiger partial charge in [-0.3, -0.25) is 0 Å². The standard InChI is InChI=1S/C6H9NS/c1-5-6(8)3-2-4-7-5/h2-5,7-8H,1H3. The molecule has 8 heavy (non-hydrogen) atoms. The van der Waals surface area contributed by atoms with Crippen LogP contribution in [0.5, 0.6) is 0 Å². The maximum atomic E-state index is 4.20. The second-order valence-corrected chi connectivity index (χ2v) is 2.36. The Bertz CT molecular complexity index is 137. The normalized spacial score (nSPS) is 26.8. The summed E-state index contributed by atoms with van der Waals surface area (Å²) in [7, 11) is 0. The van der Waals surface area contributed by atoms with Crippen molar-refractivity contribution in [2.24, 2.45) is 0 Å². The van der Waals surface area contributed by atoms with E-state index in [0.29, 0.717) is 6.04 Å². The van der Waals surface area contributed by atoms with Crippen LogP contribution in [0.4, 0.5) is 0 Å². The first-order valence-electron chi connectivity index (χ1n) is 2.62. The molecule has 1 nitrogen and oxygen atoms in total. The molecule has 0 saturated carbocycles. The van der Waals surface area contributed by atoms with Gasteiger partial charge in [0.15, 0.2) is 0 Å². The van der Waals surface area contributed by atoms with Crippen molar-refractivity contribution in [1.29, 1.82) is 0 Å². The third-order valence-corrected chi connectivity index (χ3v) is 1.69. The highest BCUT2D eigenvalue weighted by Crippen LogP contribution is 2.09. The van der Waals surface area contributed by atoms with Gasteiger partial charge in [-0.05, 0) is 25.3 Å². The first-order valence-corrected chi connectivity index (χ1v) is 3.07. The van der Waals surface area contributed by atoms with Gasteiger partial charge >= 0.3 is 0 Å². The monoisotopic (exact) mass is 127 g/mol. The molecule has 0 aromatic heterocycles. The largest absolute Gasteiger partial charge is 0.384 e. The highest BCUT2D eigenvalue weighted by Gasteiger charge is 2.01. The van der Waals surface area contributed by atoms with Crippen LogP contribution < -0.4 is 5.32 Å². The summed E-state index contributed by atoms with van der Waals surface area (Å²) in [6.45, 7) is 2.07. The van der Waals surface area contributed by atoms with E-state index >= 15 is 0 Å². The minimum Gasteiger partial charge on any atom is -0.384 e. The molecular weight excluding hydrogens is 118 g/mol. The summed E-state index contributed by atoms with van der Waals surface area (Å²) < 4.78 is 0. The van der Waals surface area contributed by atoms with Crippen LogP contribution in [-0.4, -0.2) is 6.04 Å². The molecule has 44 valence electrons. The molecule has 0 bridgehead atoms. The molecule has 0 spiro atoms. The number of thiol groups is 1. The van der Waals surface area contributed by atoms with E-state index in [-0.39, 0.29) is 0 Å². The van der Waals surface area contributed by atoms with Crippen molar-refractivity contribution in [2.45, 2.75) is 13.0 Å². The third-order valence-electron chi connectivity index (χ3n) is 1.15. The van der Waals surface area contributed by atoms with E-state index < -0.39 is 0 Å². The predicted octanol–water partition coefficient (Wildman–Crippen LogP) is 1.31. The van der Waals surface area contributed by atoms with Crippen LogP contribution in [0.2, 0.25) is 0 Å². The number of rotatable bonds is 0. The molecule has 1 N–H and O–H groups in total. The van der Waals surface area contributed by atoms with E-state index in [1.165, 1.54) is 0 Å². The lowest BCUT2D eigenvalue weighted by atomic mass is 10.2. The molecule has 1 aliphatic heterocycles. The molecule has 0 aromatic rings. The molecule has 1 atom stereocenters. The van der Waals surface area contributed by atoms with Gasteiger partial charge in [0.25, 0.3) is 0 Å². The van der Waals surface area contributed by atoms with Gasteiger partial charge < -0.3 is 5.32 Å². The minimum atomic E-state index is 0.392. The summed E-state index contributed by atoms with van der Waals surface area (Å²) in [6, 6.07) is 0.392. The maximum absolute atomic E-state index is 4.20. The minimum absolute atomic E-state index is 0.392. The highest BCUT2D eigenvalue weighted by atomic mass is 32.1. The predicted molar refractivity (Wildman–Crippen MR) is 38.8 cm³/mol. The molecule has 0 radical (unpaired) electrons. The summed E-state index contributed by atoms with van der Waals surface area (Å²) in [5.41, 5.74) is 0. The van der Waals surface area contributed by atoms with E-state index in [1.807, 2.05) is 18.4 Å². The van der Waals surface area contributed by atoms with Crippen molar-refractivity contribution in [3.8, 4) is 0 Å². The number of allylic oxidation sites excluding steroid dienone is 2. The average molecular weight is 127 g/mol. The van der Waals surface area contributed by atoms with Crippen LogP contribution in [-0.2, 0) is 0 Å². The topological polar surface area (TPSA) is 12.0 Å². The Balaban J connectivity index is 2.66. The van der Waals surface area contributed by atoms with Gasteiger partial charge in [-0.1, -0.05) is 0 Å². The van der Waals surface area contributed by atoms with Crippen molar-refractivity contribution in [3.05, 3.63) is 23.3 Å². The Hall–Kier alpha value is -0.370. The van der Waals surface area contributed by atoms with E-state index in [9.17, 15) is 0 Å². The Morgan fingerprint density at radius 2 is 2.50 bits per heavy atom. The Labute approximate surface area is 54.9 Å². The molecule has 2 heteroatoms. The van der Waals surface area contributed by atoms with E-state index in [4.69, 9.17) is 0 Å². The van der Waals surface area contributed by atoms with Gasteiger partial charge in [-0.2, -0.15) is 0 Å². The van der Waals surface area contributed by atoms with E-state index in [2.05, 4.69) is 24.9 Å². The van der Waals surface area contributed by atoms with Crippen LogP contribution in [0.1, 0.15) is 6.92 Å². The van der Waals surface area contributed by atoms with Gasteiger partial charge in [0.05, 0.1) is 6.04 Å². The van der Waals surface area contributed by atoms with E-state index in [1.54, 1.807) is 0 Å². The fourth-order valence-corrected chi connectivity index (χ4v) is 0.737. The quantitative estimate of drug-likeness (QED) is 0.467. The van der Waals surface area contributed by atoms with Crippen LogP contribution >= 0.6 is 12.6 Å². The summed E-state index contributed by atoms with van der Waals surface area (Å²) in [6.07, 6.45) is 5.86. The highest BCUT2D eigenvalue weighted by molar-refractivity contribution is 7.84. The summed E-state index contributed by atoms with van der Waals surface area (Å²) >= 11 is 4.20. The second kappa shape index (κ2) is 2.27. The Morgan fingerprint density at radius 1 is 1.75 bits per heavy atom. The zero-order valence-electron chi connectivity index (χ0n) is 4.76. The van der Waals surface area contributed by atoms with E-state index in [0.717, 1.165) is 4.91 Å². The Kier molecular flexibility index (Phi) is 1.63. The average Bonchev–Trinajstić information content (AvgIpc) is 1.77. The van der Waals surface area contributed by atoms with Gasteiger partial charge in [0.1, 0.15) is 0 Å². The maximum Gasteiger partial charge on any atom is 0.0536 e. The number of hydrogen-bond acceptors (Lipinski definition) is 2. The lowest BCUT2D eigenvalue weighted by Gasteiger charge is -2.13. The summed E-state index contributed by atoms with van der Waals surface area (Å²) in [4.78, 5) is 1.09. The number of hydrogen-bond donors (Lipinski definition) is 2. The van der Waals surface area contributed by atoms with Crippen molar-refractivity contribution in [1.82, 2.24) is 5.32 Å². The molecule has 1 heterocycles. The fourth-order valence-electron chi connectivity index (χ4n) is 0.576. The summed E-state index contributed by atoms with van der Waals surface area (Å²) in [5, 5.41) is 3.11. The third kappa shape index (κ3) is 1.07. The molecule has 1 aliphatic rings. The first-order chi connectivity index (χ1) is 3.80. The smallest absolute Gasteiger partial charge is 0.0536 e. The van der Waals surface area contributed by atoms with Crippen molar-refractivity contribution >= 4 is 12.6 Å². The van der Waals surface area contributed by atoms with Gasteiger partial charge in [-0.25, -0.2) is 0 Å². The molecular formula is C6H9NS. The van der Waals surface area contributed by atoms with Crippen LogP contribution in [0, 0.1) is 0 Å². The van der Waals surface area contributed by atoms with Gasteiger partial charge in [0, 0.05) is 4.91 Å². The lowest BCUT2D eigenvalue weighted by Crippen LogP contribution is -2.22. The molecule has 0 saturated heterocycles. The molecule has 1 unspecified atom stereocenters. The van der Waals surface area contributed by atoms with Crippen molar-refractivity contribution in [2.75, 3.05) is 0 Å². The molecule has 0 aromatic carbocycles. The number of nitrogens with one attached hydrogen (secondary N) is 1. The Morgan fingerprint density at radius 3 is 2.88 bits per heavy atom. The van der Waals surface area contributed by atoms with Crippen molar-refractivity contribution < 1.29 is 0 Å². The van der Waals surface area contributed by atoms with Crippen LogP contribution in [0.25, 0.3) is 0 Å². The molecule has 0 fully saturated rings.